The maximum atomic E-state index is 11.6. The monoisotopic (exact) mass is 191 g/mol. The van der Waals surface area contributed by atoms with Crippen LogP contribution in [0.1, 0.15) is 20.3 Å². The van der Waals surface area contributed by atoms with E-state index in [0.717, 1.165) is 5.69 Å². The van der Waals surface area contributed by atoms with Crippen molar-refractivity contribution >= 4 is 11.7 Å². The second-order valence-corrected chi connectivity index (χ2v) is 3.70. The number of fused-ring (bicyclic) bond motifs is 1. The van der Waals surface area contributed by atoms with Crippen LogP contribution in [0.4, 0.5) is 5.69 Å². The average molecular weight is 191 g/mol. The van der Waals surface area contributed by atoms with Crippen LogP contribution in [0.5, 0.6) is 5.75 Å². The lowest BCUT2D eigenvalue weighted by atomic mass is 9.97. The minimum atomic E-state index is -0.589. The fourth-order valence-corrected chi connectivity index (χ4v) is 1.45. The molecule has 2 rings (SSSR count). The molecule has 0 radical (unpaired) electrons. The van der Waals surface area contributed by atoms with Crippen molar-refractivity contribution in [3.63, 3.8) is 0 Å². The Kier molecular flexibility index (Phi) is 1.95. The Balaban J connectivity index is 2.41. The highest BCUT2D eigenvalue weighted by Crippen LogP contribution is 2.33. The number of benzene rings is 1. The van der Waals surface area contributed by atoms with E-state index in [-0.39, 0.29) is 5.97 Å². The number of hydrogen-bond donors (Lipinski definition) is 1. The fraction of sp³-hybridized carbons (Fsp3) is 0.364. The summed E-state index contributed by atoms with van der Waals surface area (Å²) in [7, 11) is 0. The van der Waals surface area contributed by atoms with Gasteiger partial charge in [-0.05, 0) is 25.5 Å². The first-order chi connectivity index (χ1) is 6.65. The number of ether oxygens (including phenoxy) is 1. The first kappa shape index (κ1) is 9.06. The Morgan fingerprint density at radius 3 is 2.86 bits per heavy atom. The summed E-state index contributed by atoms with van der Waals surface area (Å²) >= 11 is 0. The maximum absolute atomic E-state index is 11.6. The number of esters is 1. The summed E-state index contributed by atoms with van der Waals surface area (Å²) in [5.41, 5.74) is 0.297. The smallest absolute Gasteiger partial charge is 0.336 e. The number of anilines is 1. The van der Waals surface area contributed by atoms with E-state index in [1.807, 2.05) is 32.0 Å². The molecule has 1 aliphatic rings. The molecule has 0 fully saturated rings. The molecule has 0 saturated heterocycles. The SMILES string of the molecule is CCC1(C)Nc2ccccc2OC1=O. The zero-order chi connectivity index (χ0) is 10.2. The minimum Gasteiger partial charge on any atom is -0.423 e. The van der Waals surface area contributed by atoms with Gasteiger partial charge < -0.3 is 10.1 Å². The van der Waals surface area contributed by atoms with Crippen LogP contribution >= 0.6 is 0 Å². The Labute approximate surface area is 83.1 Å². The molecule has 0 aliphatic carbocycles. The van der Waals surface area contributed by atoms with Gasteiger partial charge in [0.25, 0.3) is 0 Å². The van der Waals surface area contributed by atoms with Crippen molar-refractivity contribution in [3.05, 3.63) is 24.3 Å². The van der Waals surface area contributed by atoms with Crippen LogP contribution in [0.25, 0.3) is 0 Å². The predicted molar refractivity (Wildman–Crippen MR) is 54.4 cm³/mol. The predicted octanol–water partition coefficient (Wildman–Crippen LogP) is 2.19. The molecule has 0 aromatic heterocycles. The number of nitrogens with one attached hydrogen (secondary N) is 1. The van der Waals surface area contributed by atoms with Crippen molar-refractivity contribution < 1.29 is 9.53 Å². The molecule has 1 N–H and O–H groups in total. The van der Waals surface area contributed by atoms with Crippen molar-refractivity contribution in [2.24, 2.45) is 0 Å². The number of para-hydroxylation sites is 2. The second kappa shape index (κ2) is 3.01. The topological polar surface area (TPSA) is 38.3 Å². The molecule has 0 amide bonds. The van der Waals surface area contributed by atoms with Gasteiger partial charge in [-0.25, -0.2) is 4.79 Å². The van der Waals surface area contributed by atoms with E-state index in [2.05, 4.69) is 5.32 Å². The molecule has 0 saturated carbocycles. The fourth-order valence-electron chi connectivity index (χ4n) is 1.45. The van der Waals surface area contributed by atoms with Gasteiger partial charge in [-0.2, -0.15) is 0 Å². The third kappa shape index (κ3) is 1.25. The summed E-state index contributed by atoms with van der Waals surface area (Å²) in [6.07, 6.45) is 0.708. The number of carbonyl (C=O) groups excluding carboxylic acids is 1. The van der Waals surface area contributed by atoms with Crippen molar-refractivity contribution in [2.45, 2.75) is 25.8 Å². The first-order valence-corrected chi connectivity index (χ1v) is 4.75. The van der Waals surface area contributed by atoms with Gasteiger partial charge >= 0.3 is 5.97 Å². The van der Waals surface area contributed by atoms with E-state index in [0.29, 0.717) is 12.2 Å². The van der Waals surface area contributed by atoms with Crippen LogP contribution < -0.4 is 10.1 Å². The standard InChI is InChI=1S/C11H13NO2/c1-3-11(2)10(13)14-9-7-5-4-6-8(9)12-11/h4-7,12H,3H2,1-2H3. The van der Waals surface area contributed by atoms with Gasteiger partial charge in [-0.3, -0.25) is 0 Å². The van der Waals surface area contributed by atoms with Crippen LogP contribution in [-0.2, 0) is 4.79 Å². The molecular formula is C11H13NO2. The Hall–Kier alpha value is -1.51. The molecule has 14 heavy (non-hydrogen) atoms. The molecular weight excluding hydrogens is 178 g/mol. The number of carbonyl (C=O) groups is 1. The van der Waals surface area contributed by atoms with Crippen molar-refractivity contribution in [1.29, 1.82) is 0 Å². The van der Waals surface area contributed by atoms with Gasteiger partial charge in [0.2, 0.25) is 0 Å². The molecule has 1 aliphatic heterocycles. The van der Waals surface area contributed by atoms with Gasteiger partial charge in [0, 0.05) is 0 Å². The largest absolute Gasteiger partial charge is 0.423 e. The first-order valence-electron chi connectivity index (χ1n) is 4.75. The highest BCUT2D eigenvalue weighted by atomic mass is 16.5. The molecule has 74 valence electrons. The molecule has 3 nitrogen and oxygen atoms in total. The molecule has 1 aromatic carbocycles. The van der Waals surface area contributed by atoms with E-state index in [1.54, 1.807) is 6.07 Å². The Bertz CT molecular complexity index is 375. The van der Waals surface area contributed by atoms with Gasteiger partial charge in [0.05, 0.1) is 5.69 Å². The maximum Gasteiger partial charge on any atom is 0.336 e. The van der Waals surface area contributed by atoms with Crippen molar-refractivity contribution in [2.75, 3.05) is 5.32 Å². The van der Waals surface area contributed by atoms with Crippen molar-refractivity contribution in [3.8, 4) is 5.75 Å². The molecule has 1 heterocycles. The van der Waals surface area contributed by atoms with E-state index < -0.39 is 5.54 Å². The van der Waals surface area contributed by atoms with E-state index in [1.165, 1.54) is 0 Å². The number of rotatable bonds is 1. The summed E-state index contributed by atoms with van der Waals surface area (Å²) in [6, 6.07) is 7.47. The molecule has 1 atom stereocenters. The van der Waals surface area contributed by atoms with Crippen LogP contribution in [0.15, 0.2) is 24.3 Å². The lowest BCUT2D eigenvalue weighted by Gasteiger charge is -2.33. The summed E-state index contributed by atoms with van der Waals surface area (Å²) in [4.78, 5) is 11.6. The highest BCUT2D eigenvalue weighted by Gasteiger charge is 2.37. The third-order valence-corrected chi connectivity index (χ3v) is 2.66. The lowest BCUT2D eigenvalue weighted by Crippen LogP contribution is -2.48. The third-order valence-electron chi connectivity index (χ3n) is 2.66. The minimum absolute atomic E-state index is 0.210. The van der Waals surface area contributed by atoms with Gasteiger partial charge in [-0.1, -0.05) is 19.1 Å². The van der Waals surface area contributed by atoms with Gasteiger partial charge in [0.1, 0.15) is 5.54 Å². The van der Waals surface area contributed by atoms with Crippen LogP contribution in [0.2, 0.25) is 0 Å². The van der Waals surface area contributed by atoms with Crippen LogP contribution in [-0.4, -0.2) is 11.5 Å². The summed E-state index contributed by atoms with van der Waals surface area (Å²) < 4.78 is 5.24. The van der Waals surface area contributed by atoms with Gasteiger partial charge in [-0.15, -0.1) is 0 Å². The zero-order valence-corrected chi connectivity index (χ0v) is 8.33. The van der Waals surface area contributed by atoms with Crippen molar-refractivity contribution in [1.82, 2.24) is 0 Å². The normalized spacial score (nSPS) is 24.9. The second-order valence-electron chi connectivity index (χ2n) is 3.70. The van der Waals surface area contributed by atoms with Gasteiger partial charge in [0.15, 0.2) is 5.75 Å². The lowest BCUT2D eigenvalue weighted by molar-refractivity contribution is -0.139. The number of hydrogen-bond acceptors (Lipinski definition) is 3. The zero-order valence-electron chi connectivity index (χ0n) is 8.33. The summed E-state index contributed by atoms with van der Waals surface area (Å²) in [6.45, 7) is 3.81. The summed E-state index contributed by atoms with van der Waals surface area (Å²) in [5, 5.41) is 3.20. The molecule has 0 spiro atoms. The average Bonchev–Trinajstić information content (AvgIpc) is 2.20. The Morgan fingerprint density at radius 1 is 1.43 bits per heavy atom. The van der Waals surface area contributed by atoms with Crippen LogP contribution in [0.3, 0.4) is 0 Å². The quantitative estimate of drug-likeness (QED) is 0.546. The molecule has 0 bridgehead atoms. The van der Waals surface area contributed by atoms with E-state index in [9.17, 15) is 4.79 Å². The van der Waals surface area contributed by atoms with Crippen LogP contribution in [0, 0.1) is 0 Å². The van der Waals surface area contributed by atoms with E-state index in [4.69, 9.17) is 4.74 Å². The highest BCUT2D eigenvalue weighted by molar-refractivity contribution is 5.90. The summed E-state index contributed by atoms with van der Waals surface area (Å²) in [5.74, 6) is 0.405. The molecule has 1 aromatic rings. The molecule has 1 unspecified atom stereocenters. The molecule has 3 heteroatoms. The Morgan fingerprint density at radius 2 is 2.14 bits per heavy atom. The van der Waals surface area contributed by atoms with E-state index >= 15 is 0 Å².